The second-order valence-corrected chi connectivity index (χ2v) is 6.41. The fourth-order valence-corrected chi connectivity index (χ4v) is 2.82. The predicted molar refractivity (Wildman–Crippen MR) is 82.8 cm³/mol. The number of rotatable bonds is 7. The maximum Gasteiger partial charge on any atom is 0.0231 e. The zero-order chi connectivity index (χ0) is 13.6. The molecule has 102 valence electrons. The van der Waals surface area contributed by atoms with Gasteiger partial charge < -0.3 is 10.2 Å². The normalized spacial score (nSPS) is 14.8. The van der Waals surface area contributed by atoms with Crippen LogP contribution in [0.25, 0.3) is 0 Å². The Hall–Kier alpha value is -0.380. The minimum atomic E-state index is 0.343. The summed E-state index contributed by atoms with van der Waals surface area (Å²) in [5.41, 5.74) is 1.70. The molecule has 0 aliphatic carbocycles. The first-order chi connectivity index (χ1) is 8.49. The van der Waals surface area contributed by atoms with Gasteiger partial charge >= 0.3 is 0 Å². The van der Waals surface area contributed by atoms with Gasteiger partial charge in [0, 0.05) is 24.1 Å². The Morgan fingerprint density at radius 3 is 2.67 bits per heavy atom. The van der Waals surface area contributed by atoms with E-state index < -0.39 is 0 Å². The van der Waals surface area contributed by atoms with Gasteiger partial charge in [-0.1, -0.05) is 41.9 Å². The van der Waals surface area contributed by atoms with E-state index in [-0.39, 0.29) is 0 Å². The second kappa shape index (κ2) is 7.27. The first-order valence-corrected chi connectivity index (χ1v) is 7.36. The summed E-state index contributed by atoms with van der Waals surface area (Å²) in [6.07, 6.45) is 1.19. The van der Waals surface area contributed by atoms with E-state index >= 15 is 0 Å². The Balaban J connectivity index is 2.57. The molecule has 0 spiro atoms. The lowest BCUT2D eigenvalue weighted by molar-refractivity contribution is 0.178. The molecule has 0 fully saturated rings. The lowest BCUT2D eigenvalue weighted by atomic mass is 9.87. The topological polar surface area (TPSA) is 15.3 Å². The monoisotopic (exact) mass is 312 g/mol. The molecular weight excluding hydrogens is 288 g/mol. The standard InChI is InChI=1S/C15H25BrN2/c1-5-15(2,11-17-3)12-18(4)10-13-7-6-8-14(16)9-13/h6-9,17H,5,10-12H2,1-4H3. The highest BCUT2D eigenvalue weighted by atomic mass is 79.9. The predicted octanol–water partition coefficient (Wildman–Crippen LogP) is 3.52. The van der Waals surface area contributed by atoms with Crippen molar-refractivity contribution in [3.63, 3.8) is 0 Å². The van der Waals surface area contributed by atoms with Crippen LogP contribution < -0.4 is 5.32 Å². The van der Waals surface area contributed by atoms with Crippen molar-refractivity contribution in [2.75, 3.05) is 27.2 Å². The summed E-state index contributed by atoms with van der Waals surface area (Å²) >= 11 is 3.52. The number of nitrogens with zero attached hydrogens (tertiary/aromatic N) is 1. The van der Waals surface area contributed by atoms with Crippen molar-refractivity contribution < 1.29 is 0 Å². The van der Waals surface area contributed by atoms with Crippen LogP contribution in [0.15, 0.2) is 28.7 Å². The molecule has 1 atom stereocenters. The molecule has 1 unspecified atom stereocenters. The lowest BCUT2D eigenvalue weighted by Crippen LogP contribution is -2.39. The molecule has 1 N–H and O–H groups in total. The molecular formula is C15H25BrN2. The highest BCUT2D eigenvalue weighted by Gasteiger charge is 2.23. The molecule has 0 amide bonds. The van der Waals surface area contributed by atoms with Crippen LogP contribution in [0, 0.1) is 5.41 Å². The molecule has 0 radical (unpaired) electrons. The minimum absolute atomic E-state index is 0.343. The molecule has 18 heavy (non-hydrogen) atoms. The van der Waals surface area contributed by atoms with Gasteiger partial charge in [0.1, 0.15) is 0 Å². The third-order valence-electron chi connectivity index (χ3n) is 3.45. The Kier molecular flexibility index (Phi) is 6.33. The summed E-state index contributed by atoms with van der Waals surface area (Å²) in [4.78, 5) is 2.41. The lowest BCUT2D eigenvalue weighted by Gasteiger charge is -2.33. The van der Waals surface area contributed by atoms with E-state index in [0.29, 0.717) is 5.41 Å². The van der Waals surface area contributed by atoms with Crippen LogP contribution in [0.1, 0.15) is 25.8 Å². The van der Waals surface area contributed by atoms with Crippen molar-refractivity contribution in [1.82, 2.24) is 10.2 Å². The molecule has 0 aliphatic heterocycles. The van der Waals surface area contributed by atoms with Crippen LogP contribution in [-0.4, -0.2) is 32.1 Å². The van der Waals surface area contributed by atoms with Gasteiger partial charge in [-0.2, -0.15) is 0 Å². The van der Waals surface area contributed by atoms with E-state index in [1.54, 1.807) is 0 Å². The maximum atomic E-state index is 3.52. The number of nitrogens with one attached hydrogen (secondary N) is 1. The first-order valence-electron chi connectivity index (χ1n) is 6.56. The van der Waals surface area contributed by atoms with Crippen LogP contribution in [0.2, 0.25) is 0 Å². The molecule has 0 aliphatic rings. The minimum Gasteiger partial charge on any atom is -0.319 e. The average molecular weight is 313 g/mol. The molecule has 0 heterocycles. The van der Waals surface area contributed by atoms with Crippen LogP contribution in [0.5, 0.6) is 0 Å². The van der Waals surface area contributed by atoms with Crippen molar-refractivity contribution in [1.29, 1.82) is 0 Å². The zero-order valence-corrected chi connectivity index (χ0v) is 13.5. The van der Waals surface area contributed by atoms with Gasteiger partial charge in [0.05, 0.1) is 0 Å². The van der Waals surface area contributed by atoms with Gasteiger partial charge in [-0.25, -0.2) is 0 Å². The highest BCUT2D eigenvalue weighted by molar-refractivity contribution is 9.10. The Labute approximate surface area is 120 Å². The molecule has 3 heteroatoms. The third kappa shape index (κ3) is 5.09. The second-order valence-electron chi connectivity index (χ2n) is 5.50. The molecule has 1 aromatic carbocycles. The largest absolute Gasteiger partial charge is 0.319 e. The molecule has 2 nitrogen and oxygen atoms in total. The SMILES string of the molecule is CCC(C)(CNC)CN(C)Cc1cccc(Br)c1. The average Bonchev–Trinajstić information content (AvgIpc) is 2.29. The van der Waals surface area contributed by atoms with E-state index in [4.69, 9.17) is 0 Å². The van der Waals surface area contributed by atoms with Crippen LogP contribution in [0.4, 0.5) is 0 Å². The van der Waals surface area contributed by atoms with Crippen molar-refractivity contribution in [3.05, 3.63) is 34.3 Å². The fraction of sp³-hybridized carbons (Fsp3) is 0.600. The van der Waals surface area contributed by atoms with Gasteiger partial charge in [0.15, 0.2) is 0 Å². The maximum absolute atomic E-state index is 3.52. The molecule has 0 bridgehead atoms. The van der Waals surface area contributed by atoms with Crippen LogP contribution >= 0.6 is 15.9 Å². The Bertz CT molecular complexity index is 367. The van der Waals surface area contributed by atoms with E-state index in [9.17, 15) is 0 Å². The summed E-state index contributed by atoms with van der Waals surface area (Å²) in [5, 5.41) is 3.30. The molecule has 1 aromatic rings. The summed E-state index contributed by atoms with van der Waals surface area (Å²) in [5.74, 6) is 0. The first kappa shape index (κ1) is 15.7. The Morgan fingerprint density at radius 2 is 2.11 bits per heavy atom. The van der Waals surface area contributed by atoms with E-state index in [0.717, 1.165) is 24.1 Å². The van der Waals surface area contributed by atoms with Crippen molar-refractivity contribution in [2.24, 2.45) is 5.41 Å². The van der Waals surface area contributed by atoms with Gasteiger partial charge in [-0.15, -0.1) is 0 Å². The quantitative estimate of drug-likeness (QED) is 0.828. The van der Waals surface area contributed by atoms with E-state index in [2.05, 4.69) is 71.3 Å². The van der Waals surface area contributed by atoms with E-state index in [1.807, 2.05) is 7.05 Å². The number of halogens is 1. The zero-order valence-electron chi connectivity index (χ0n) is 12.0. The van der Waals surface area contributed by atoms with Crippen LogP contribution in [-0.2, 0) is 6.54 Å². The fourth-order valence-electron chi connectivity index (χ4n) is 2.37. The van der Waals surface area contributed by atoms with Gasteiger partial charge in [-0.05, 0) is 43.6 Å². The van der Waals surface area contributed by atoms with Gasteiger partial charge in [-0.3, -0.25) is 0 Å². The number of hydrogen-bond donors (Lipinski definition) is 1. The summed E-state index contributed by atoms with van der Waals surface area (Å²) in [6.45, 7) is 7.78. The van der Waals surface area contributed by atoms with Gasteiger partial charge in [0.2, 0.25) is 0 Å². The summed E-state index contributed by atoms with van der Waals surface area (Å²) in [7, 11) is 4.23. The third-order valence-corrected chi connectivity index (χ3v) is 3.94. The van der Waals surface area contributed by atoms with Crippen molar-refractivity contribution in [2.45, 2.75) is 26.8 Å². The summed E-state index contributed by atoms with van der Waals surface area (Å²) < 4.78 is 1.15. The number of benzene rings is 1. The van der Waals surface area contributed by atoms with Crippen LogP contribution in [0.3, 0.4) is 0 Å². The molecule has 0 aromatic heterocycles. The highest BCUT2D eigenvalue weighted by Crippen LogP contribution is 2.22. The smallest absolute Gasteiger partial charge is 0.0231 e. The number of hydrogen-bond acceptors (Lipinski definition) is 2. The molecule has 0 saturated heterocycles. The molecule has 0 saturated carbocycles. The van der Waals surface area contributed by atoms with Gasteiger partial charge in [0.25, 0.3) is 0 Å². The Morgan fingerprint density at radius 1 is 1.39 bits per heavy atom. The van der Waals surface area contributed by atoms with Crippen molar-refractivity contribution in [3.8, 4) is 0 Å². The summed E-state index contributed by atoms with van der Waals surface area (Å²) in [6, 6.07) is 8.54. The van der Waals surface area contributed by atoms with Crippen molar-refractivity contribution >= 4 is 15.9 Å². The molecule has 1 rings (SSSR count). The van der Waals surface area contributed by atoms with E-state index in [1.165, 1.54) is 12.0 Å².